The fourth-order valence-electron chi connectivity index (χ4n) is 2.84. The lowest BCUT2D eigenvalue weighted by molar-refractivity contribution is 0.0951. The predicted octanol–water partition coefficient (Wildman–Crippen LogP) is 4.55. The average Bonchev–Trinajstić information content (AvgIpc) is 3.19. The number of carbonyl (C=O) groups excluding carboxylic acids is 2. The van der Waals surface area contributed by atoms with E-state index in [0.717, 1.165) is 17.6 Å². The van der Waals surface area contributed by atoms with Crippen LogP contribution in [0.3, 0.4) is 0 Å². The first-order chi connectivity index (χ1) is 12.0. The van der Waals surface area contributed by atoms with Crippen LogP contribution in [0.15, 0.2) is 39.2 Å². The SMILES string of the molecule is CCc1ccc(C(=O)CCCc2c(C(N)=O)oc3cc(Cl)ccc23)o1. The fourth-order valence-corrected chi connectivity index (χ4v) is 3.00. The van der Waals surface area contributed by atoms with E-state index in [1.165, 1.54) is 0 Å². The Morgan fingerprint density at radius 3 is 2.64 bits per heavy atom. The van der Waals surface area contributed by atoms with E-state index in [2.05, 4.69) is 0 Å². The van der Waals surface area contributed by atoms with Gasteiger partial charge in [0.15, 0.2) is 17.3 Å². The molecule has 2 heterocycles. The molecule has 0 atom stereocenters. The van der Waals surface area contributed by atoms with Gasteiger partial charge < -0.3 is 14.6 Å². The normalized spacial score (nSPS) is 11.1. The zero-order valence-corrected chi connectivity index (χ0v) is 14.6. The number of ketones is 1. The highest BCUT2D eigenvalue weighted by Crippen LogP contribution is 2.29. The van der Waals surface area contributed by atoms with Gasteiger partial charge in [-0.2, -0.15) is 0 Å². The third-order valence-electron chi connectivity index (χ3n) is 4.09. The van der Waals surface area contributed by atoms with Crippen LogP contribution in [0.1, 0.15) is 52.2 Å². The molecule has 6 heteroatoms. The average molecular weight is 360 g/mol. The van der Waals surface area contributed by atoms with Gasteiger partial charge in [-0.05, 0) is 37.1 Å². The molecule has 0 saturated heterocycles. The van der Waals surface area contributed by atoms with Crippen LogP contribution in [0.4, 0.5) is 0 Å². The number of fused-ring (bicyclic) bond motifs is 1. The van der Waals surface area contributed by atoms with Crippen molar-refractivity contribution in [2.24, 2.45) is 5.73 Å². The van der Waals surface area contributed by atoms with Gasteiger partial charge in [0.2, 0.25) is 0 Å². The van der Waals surface area contributed by atoms with E-state index in [1.807, 2.05) is 13.0 Å². The van der Waals surface area contributed by atoms with E-state index in [4.69, 9.17) is 26.2 Å². The Morgan fingerprint density at radius 1 is 1.16 bits per heavy atom. The van der Waals surface area contributed by atoms with E-state index < -0.39 is 5.91 Å². The molecular formula is C19H18ClNO4. The molecule has 0 unspecified atom stereocenters. The molecule has 0 fully saturated rings. The first-order valence-corrected chi connectivity index (χ1v) is 8.50. The summed E-state index contributed by atoms with van der Waals surface area (Å²) in [4.78, 5) is 23.8. The molecule has 0 bridgehead atoms. The maximum Gasteiger partial charge on any atom is 0.284 e. The summed E-state index contributed by atoms with van der Waals surface area (Å²) in [5.41, 5.74) is 6.63. The highest BCUT2D eigenvalue weighted by molar-refractivity contribution is 6.31. The number of halogens is 1. The second-order valence-corrected chi connectivity index (χ2v) is 6.25. The van der Waals surface area contributed by atoms with Gasteiger partial charge in [0.1, 0.15) is 11.3 Å². The van der Waals surface area contributed by atoms with Crippen molar-refractivity contribution in [2.75, 3.05) is 0 Å². The van der Waals surface area contributed by atoms with Crippen LogP contribution in [0.2, 0.25) is 5.02 Å². The highest BCUT2D eigenvalue weighted by Gasteiger charge is 2.19. The van der Waals surface area contributed by atoms with Crippen LogP contribution >= 0.6 is 11.6 Å². The maximum atomic E-state index is 12.2. The number of aryl methyl sites for hydroxylation is 2. The van der Waals surface area contributed by atoms with Crippen molar-refractivity contribution < 1.29 is 18.4 Å². The number of hydrogen-bond donors (Lipinski definition) is 1. The first kappa shape index (κ1) is 17.3. The van der Waals surface area contributed by atoms with Crippen LogP contribution in [0, 0.1) is 0 Å². The number of Topliss-reactive ketones (excluding diaryl/α,β-unsaturated/α-hetero) is 1. The topological polar surface area (TPSA) is 86.4 Å². The summed E-state index contributed by atoms with van der Waals surface area (Å²) in [5, 5.41) is 1.31. The Morgan fingerprint density at radius 2 is 1.96 bits per heavy atom. The molecule has 25 heavy (non-hydrogen) atoms. The molecule has 3 aromatic rings. The molecule has 1 aromatic carbocycles. The van der Waals surface area contributed by atoms with Gasteiger partial charge in [-0.15, -0.1) is 0 Å². The first-order valence-electron chi connectivity index (χ1n) is 8.12. The van der Waals surface area contributed by atoms with Crippen LogP contribution < -0.4 is 5.73 Å². The quantitative estimate of drug-likeness (QED) is 0.627. The zero-order chi connectivity index (χ0) is 18.0. The van der Waals surface area contributed by atoms with Gasteiger partial charge in [-0.1, -0.05) is 18.5 Å². The van der Waals surface area contributed by atoms with Gasteiger partial charge >= 0.3 is 0 Å². The van der Waals surface area contributed by atoms with Crippen molar-refractivity contribution in [3.63, 3.8) is 0 Å². The highest BCUT2D eigenvalue weighted by atomic mass is 35.5. The number of carbonyl (C=O) groups is 2. The Labute approximate surface area is 149 Å². The molecule has 0 spiro atoms. The Hall–Kier alpha value is -2.53. The Bertz CT molecular complexity index is 938. The summed E-state index contributed by atoms with van der Waals surface area (Å²) in [6.45, 7) is 1.97. The zero-order valence-electron chi connectivity index (χ0n) is 13.8. The van der Waals surface area contributed by atoms with Gasteiger partial charge in [-0.25, -0.2) is 0 Å². The molecule has 130 valence electrons. The maximum absolute atomic E-state index is 12.2. The van der Waals surface area contributed by atoms with Gasteiger partial charge in [0.05, 0.1) is 0 Å². The van der Waals surface area contributed by atoms with Crippen molar-refractivity contribution in [2.45, 2.75) is 32.6 Å². The summed E-state index contributed by atoms with van der Waals surface area (Å²) in [6, 6.07) is 8.68. The number of hydrogen-bond acceptors (Lipinski definition) is 4. The largest absolute Gasteiger partial charge is 0.458 e. The van der Waals surface area contributed by atoms with E-state index in [-0.39, 0.29) is 11.5 Å². The van der Waals surface area contributed by atoms with E-state index in [9.17, 15) is 9.59 Å². The third kappa shape index (κ3) is 3.61. The van der Waals surface area contributed by atoms with Crippen molar-refractivity contribution in [1.29, 1.82) is 0 Å². The minimum absolute atomic E-state index is 0.0591. The molecule has 2 N–H and O–H groups in total. The third-order valence-corrected chi connectivity index (χ3v) is 4.33. The van der Waals surface area contributed by atoms with Crippen molar-refractivity contribution >= 4 is 34.3 Å². The molecule has 0 aliphatic heterocycles. The predicted molar refractivity (Wildman–Crippen MR) is 95.1 cm³/mol. The van der Waals surface area contributed by atoms with E-state index in [0.29, 0.717) is 41.2 Å². The number of primary amides is 1. The molecule has 0 saturated carbocycles. The lowest BCUT2D eigenvalue weighted by Gasteiger charge is -2.01. The monoisotopic (exact) mass is 359 g/mol. The van der Waals surface area contributed by atoms with Crippen molar-refractivity contribution in [1.82, 2.24) is 0 Å². The van der Waals surface area contributed by atoms with Gasteiger partial charge in [0, 0.05) is 34.9 Å². The van der Waals surface area contributed by atoms with Crippen LogP contribution in [-0.4, -0.2) is 11.7 Å². The summed E-state index contributed by atoms with van der Waals surface area (Å²) in [6.07, 6.45) is 2.12. The number of amides is 1. The summed E-state index contributed by atoms with van der Waals surface area (Å²) >= 11 is 5.96. The fraction of sp³-hybridized carbons (Fsp3) is 0.263. The van der Waals surface area contributed by atoms with E-state index >= 15 is 0 Å². The number of furan rings is 2. The Balaban J connectivity index is 1.75. The lowest BCUT2D eigenvalue weighted by Crippen LogP contribution is -2.12. The second-order valence-electron chi connectivity index (χ2n) is 5.81. The minimum atomic E-state index is -0.632. The van der Waals surface area contributed by atoms with Crippen molar-refractivity contribution in [3.8, 4) is 0 Å². The molecule has 5 nitrogen and oxygen atoms in total. The van der Waals surface area contributed by atoms with Crippen LogP contribution in [0.5, 0.6) is 0 Å². The van der Waals surface area contributed by atoms with Crippen LogP contribution in [0.25, 0.3) is 11.0 Å². The summed E-state index contributed by atoms with van der Waals surface area (Å²) < 4.78 is 11.0. The molecule has 0 aliphatic carbocycles. The molecule has 0 aliphatic rings. The minimum Gasteiger partial charge on any atom is -0.458 e. The Kier molecular flexibility index (Phi) is 4.95. The summed E-state index contributed by atoms with van der Waals surface area (Å²) in [7, 11) is 0. The van der Waals surface area contributed by atoms with Gasteiger partial charge in [0.25, 0.3) is 5.91 Å². The van der Waals surface area contributed by atoms with Crippen molar-refractivity contribution in [3.05, 3.63) is 58.2 Å². The molecular weight excluding hydrogens is 342 g/mol. The smallest absolute Gasteiger partial charge is 0.284 e. The summed E-state index contributed by atoms with van der Waals surface area (Å²) in [5.74, 6) is 0.590. The lowest BCUT2D eigenvalue weighted by atomic mass is 10.0. The number of nitrogens with two attached hydrogens (primary N) is 1. The molecule has 3 rings (SSSR count). The van der Waals surface area contributed by atoms with E-state index in [1.54, 1.807) is 24.3 Å². The van der Waals surface area contributed by atoms with Gasteiger partial charge in [-0.3, -0.25) is 9.59 Å². The number of rotatable bonds is 7. The molecule has 2 aromatic heterocycles. The van der Waals surface area contributed by atoms with Crippen LogP contribution in [-0.2, 0) is 12.8 Å². The molecule has 1 amide bonds. The second kappa shape index (κ2) is 7.15. The molecule has 0 radical (unpaired) electrons. The standard InChI is InChI=1S/C19H18ClNO4/c1-2-12-7-9-16(24-12)15(22)5-3-4-14-13-8-6-11(20)10-17(13)25-18(14)19(21)23/h6-10H,2-5H2,1H3,(H2,21,23). The number of benzene rings is 1.